The first-order valence-electron chi connectivity index (χ1n) is 10.3. The molecular formula is C24H24N2O4S2. The van der Waals surface area contributed by atoms with Gasteiger partial charge in [-0.1, -0.05) is 48.5 Å². The average molecular weight is 469 g/mol. The molecule has 1 aliphatic heterocycles. The van der Waals surface area contributed by atoms with Gasteiger partial charge in [-0.3, -0.25) is 4.79 Å². The van der Waals surface area contributed by atoms with Crippen LogP contribution in [0.2, 0.25) is 0 Å². The van der Waals surface area contributed by atoms with E-state index in [0.717, 1.165) is 10.5 Å². The molecule has 0 spiro atoms. The van der Waals surface area contributed by atoms with Crippen LogP contribution in [0.1, 0.15) is 10.8 Å². The van der Waals surface area contributed by atoms with Gasteiger partial charge in [0.25, 0.3) is 0 Å². The summed E-state index contributed by atoms with van der Waals surface area (Å²) in [5.74, 6) is -0.172. The van der Waals surface area contributed by atoms with Gasteiger partial charge in [0.2, 0.25) is 15.9 Å². The van der Waals surface area contributed by atoms with E-state index in [1.807, 2.05) is 60.7 Å². The van der Waals surface area contributed by atoms with Crippen molar-refractivity contribution < 1.29 is 17.9 Å². The van der Waals surface area contributed by atoms with E-state index in [2.05, 4.69) is 5.32 Å². The van der Waals surface area contributed by atoms with Crippen LogP contribution in [0.3, 0.4) is 0 Å². The fourth-order valence-electron chi connectivity index (χ4n) is 3.39. The van der Waals surface area contributed by atoms with E-state index in [-0.39, 0.29) is 10.8 Å². The van der Waals surface area contributed by atoms with Crippen LogP contribution < -0.4 is 5.32 Å². The standard InChI is InChI=1S/C24H24N2O4S2/c27-24(23(19-7-3-1-4-8-19)31-21-9-5-2-6-10-21)25-20-11-13-22(14-12-20)32(28,29)26-15-17-30-18-16-26/h1-14,23H,15-18H2,(H,25,27)/t23-/m0/s1. The van der Waals surface area contributed by atoms with E-state index in [4.69, 9.17) is 4.74 Å². The fraction of sp³-hybridized carbons (Fsp3) is 0.208. The summed E-state index contributed by atoms with van der Waals surface area (Å²) in [4.78, 5) is 14.4. The van der Waals surface area contributed by atoms with Crippen LogP contribution in [0.25, 0.3) is 0 Å². The lowest BCUT2D eigenvalue weighted by Crippen LogP contribution is -2.40. The summed E-state index contributed by atoms with van der Waals surface area (Å²) in [7, 11) is -3.57. The Morgan fingerprint density at radius 1 is 0.875 bits per heavy atom. The zero-order chi connectivity index (χ0) is 22.4. The van der Waals surface area contributed by atoms with E-state index < -0.39 is 15.3 Å². The SMILES string of the molecule is O=C(Nc1ccc(S(=O)(=O)N2CCOCC2)cc1)[C@@H](Sc1ccccc1)c1ccccc1. The molecule has 1 atom stereocenters. The van der Waals surface area contributed by atoms with Crippen molar-refractivity contribution in [3.8, 4) is 0 Å². The smallest absolute Gasteiger partial charge is 0.243 e. The number of carbonyl (C=O) groups excluding carboxylic acids is 1. The lowest BCUT2D eigenvalue weighted by atomic mass is 10.1. The first-order valence-corrected chi connectivity index (χ1v) is 12.6. The molecule has 166 valence electrons. The number of benzene rings is 3. The molecule has 8 heteroatoms. The molecule has 1 heterocycles. The number of thioether (sulfide) groups is 1. The number of hydrogen-bond donors (Lipinski definition) is 1. The molecule has 0 saturated carbocycles. The highest BCUT2D eigenvalue weighted by Gasteiger charge is 2.26. The highest BCUT2D eigenvalue weighted by atomic mass is 32.2. The average Bonchev–Trinajstić information content (AvgIpc) is 2.84. The number of hydrogen-bond acceptors (Lipinski definition) is 5. The summed E-state index contributed by atoms with van der Waals surface area (Å²) >= 11 is 1.47. The van der Waals surface area contributed by atoms with Gasteiger partial charge < -0.3 is 10.1 Å². The number of nitrogens with zero attached hydrogens (tertiary/aromatic N) is 1. The summed E-state index contributed by atoms with van der Waals surface area (Å²) < 4.78 is 32.3. The third-order valence-electron chi connectivity index (χ3n) is 5.07. The van der Waals surface area contributed by atoms with Crippen molar-refractivity contribution in [3.05, 3.63) is 90.5 Å². The number of amides is 1. The third kappa shape index (κ3) is 5.39. The van der Waals surface area contributed by atoms with Crippen LogP contribution in [-0.2, 0) is 19.6 Å². The number of rotatable bonds is 7. The summed E-state index contributed by atoms with van der Waals surface area (Å²) in [6.45, 7) is 1.48. The highest BCUT2D eigenvalue weighted by Crippen LogP contribution is 2.36. The molecule has 1 aliphatic rings. The molecule has 3 aromatic rings. The van der Waals surface area contributed by atoms with Crippen molar-refractivity contribution in [2.45, 2.75) is 15.0 Å². The van der Waals surface area contributed by atoms with Crippen LogP contribution in [-0.4, -0.2) is 44.9 Å². The van der Waals surface area contributed by atoms with Gasteiger partial charge >= 0.3 is 0 Å². The monoisotopic (exact) mass is 468 g/mol. The van der Waals surface area contributed by atoms with E-state index in [9.17, 15) is 13.2 Å². The Labute approximate surface area is 192 Å². The Bertz CT molecular complexity index is 1130. The quantitative estimate of drug-likeness (QED) is 0.527. The zero-order valence-corrected chi connectivity index (χ0v) is 19.0. The van der Waals surface area contributed by atoms with Gasteiger partial charge in [-0.25, -0.2) is 8.42 Å². The van der Waals surface area contributed by atoms with Gasteiger partial charge in [0.1, 0.15) is 5.25 Å². The van der Waals surface area contributed by atoms with Crippen molar-refractivity contribution in [1.82, 2.24) is 4.31 Å². The van der Waals surface area contributed by atoms with Gasteiger partial charge in [0, 0.05) is 23.7 Å². The Balaban J connectivity index is 1.50. The molecule has 0 aliphatic carbocycles. The molecule has 6 nitrogen and oxygen atoms in total. The molecule has 0 bridgehead atoms. The summed E-state index contributed by atoms with van der Waals surface area (Å²) in [5, 5.41) is 2.48. The second-order valence-electron chi connectivity index (χ2n) is 7.25. The second kappa shape index (κ2) is 10.3. The van der Waals surface area contributed by atoms with Gasteiger partial charge in [-0.05, 0) is 42.0 Å². The van der Waals surface area contributed by atoms with Crippen molar-refractivity contribution in [2.24, 2.45) is 0 Å². The van der Waals surface area contributed by atoms with Gasteiger partial charge in [0.05, 0.1) is 18.1 Å². The Morgan fingerprint density at radius 2 is 1.47 bits per heavy atom. The van der Waals surface area contributed by atoms with Crippen LogP contribution in [0, 0.1) is 0 Å². The maximum absolute atomic E-state index is 13.2. The van der Waals surface area contributed by atoms with E-state index in [1.54, 1.807) is 12.1 Å². The highest BCUT2D eigenvalue weighted by molar-refractivity contribution is 8.00. The van der Waals surface area contributed by atoms with Gasteiger partial charge in [0.15, 0.2) is 0 Å². The van der Waals surface area contributed by atoms with Gasteiger partial charge in [-0.2, -0.15) is 4.31 Å². The van der Waals surface area contributed by atoms with Crippen LogP contribution >= 0.6 is 11.8 Å². The molecule has 32 heavy (non-hydrogen) atoms. The minimum Gasteiger partial charge on any atom is -0.379 e. The fourth-order valence-corrected chi connectivity index (χ4v) is 5.84. The minimum atomic E-state index is -3.57. The molecule has 0 radical (unpaired) electrons. The Morgan fingerprint density at radius 3 is 2.09 bits per heavy atom. The molecule has 4 rings (SSSR count). The van der Waals surface area contributed by atoms with Crippen molar-refractivity contribution in [3.63, 3.8) is 0 Å². The number of carbonyl (C=O) groups is 1. The van der Waals surface area contributed by atoms with E-state index >= 15 is 0 Å². The molecule has 3 aromatic carbocycles. The molecule has 1 N–H and O–H groups in total. The van der Waals surface area contributed by atoms with Crippen molar-refractivity contribution >= 4 is 33.4 Å². The first-order chi connectivity index (χ1) is 15.5. The lowest BCUT2D eigenvalue weighted by Gasteiger charge is -2.26. The summed E-state index contributed by atoms with van der Waals surface area (Å²) in [6.07, 6.45) is 0. The summed E-state index contributed by atoms with van der Waals surface area (Å²) in [5.41, 5.74) is 1.44. The zero-order valence-electron chi connectivity index (χ0n) is 17.4. The van der Waals surface area contributed by atoms with E-state index in [1.165, 1.54) is 28.2 Å². The van der Waals surface area contributed by atoms with Crippen LogP contribution in [0.5, 0.6) is 0 Å². The van der Waals surface area contributed by atoms with E-state index in [0.29, 0.717) is 32.0 Å². The summed E-state index contributed by atoms with van der Waals surface area (Å²) in [6, 6.07) is 25.7. The normalized spacial score (nSPS) is 15.8. The molecule has 1 fully saturated rings. The maximum Gasteiger partial charge on any atom is 0.243 e. The Kier molecular flexibility index (Phi) is 7.26. The first kappa shape index (κ1) is 22.5. The van der Waals surface area contributed by atoms with Crippen molar-refractivity contribution in [1.29, 1.82) is 0 Å². The van der Waals surface area contributed by atoms with Gasteiger partial charge in [-0.15, -0.1) is 11.8 Å². The largest absolute Gasteiger partial charge is 0.379 e. The number of sulfonamides is 1. The molecule has 1 saturated heterocycles. The topological polar surface area (TPSA) is 75.7 Å². The molecule has 1 amide bonds. The number of anilines is 1. The maximum atomic E-state index is 13.2. The van der Waals surface area contributed by atoms with Crippen molar-refractivity contribution in [2.75, 3.05) is 31.6 Å². The molecular weight excluding hydrogens is 444 g/mol. The number of nitrogens with one attached hydrogen (secondary N) is 1. The predicted octanol–water partition coefficient (Wildman–Crippen LogP) is 4.18. The Hall–Kier alpha value is -2.65. The lowest BCUT2D eigenvalue weighted by molar-refractivity contribution is -0.115. The molecule has 0 unspecified atom stereocenters. The third-order valence-corrected chi connectivity index (χ3v) is 8.25. The number of ether oxygens (including phenoxy) is 1. The van der Waals surface area contributed by atoms with Crippen LogP contribution in [0.4, 0.5) is 5.69 Å². The van der Waals surface area contributed by atoms with Crippen LogP contribution in [0.15, 0.2) is 94.7 Å². The second-order valence-corrected chi connectivity index (χ2v) is 10.4. The minimum absolute atomic E-state index is 0.172. The molecule has 0 aromatic heterocycles. The number of morpholine rings is 1. The predicted molar refractivity (Wildman–Crippen MR) is 126 cm³/mol.